The van der Waals surface area contributed by atoms with Crippen molar-refractivity contribution in [3.63, 3.8) is 0 Å². The van der Waals surface area contributed by atoms with Crippen LogP contribution < -0.4 is 10.2 Å². The summed E-state index contributed by atoms with van der Waals surface area (Å²) in [5, 5.41) is 13.7. The van der Waals surface area contributed by atoms with E-state index in [0.29, 0.717) is 11.3 Å². The van der Waals surface area contributed by atoms with Crippen LogP contribution >= 0.6 is 0 Å². The van der Waals surface area contributed by atoms with E-state index in [0.717, 1.165) is 5.69 Å². The molecule has 0 radical (unpaired) electrons. The molecule has 0 saturated carbocycles. The third-order valence-corrected chi connectivity index (χ3v) is 3.04. The van der Waals surface area contributed by atoms with Crippen LogP contribution in [0.4, 0.5) is 0 Å². The number of hydrogen-bond donors (Lipinski definition) is 2. The number of aryl methyl sites for hydroxylation is 1. The lowest BCUT2D eigenvalue weighted by atomic mass is 10.2. The molecule has 0 atom stereocenters. The van der Waals surface area contributed by atoms with E-state index in [1.165, 1.54) is 13.3 Å². The Balaban J connectivity index is 1.96. The van der Waals surface area contributed by atoms with Crippen molar-refractivity contribution in [1.82, 2.24) is 9.99 Å². The number of aromatic hydroxyl groups is 1. The van der Waals surface area contributed by atoms with Crippen molar-refractivity contribution in [2.75, 3.05) is 7.11 Å². The number of rotatable bonds is 5. The Kier molecular flexibility index (Phi) is 4.61. The first-order valence-corrected chi connectivity index (χ1v) is 6.40. The van der Waals surface area contributed by atoms with Crippen LogP contribution in [0.2, 0.25) is 0 Å². The van der Waals surface area contributed by atoms with Crippen LogP contribution in [-0.2, 0) is 18.3 Å². The van der Waals surface area contributed by atoms with Gasteiger partial charge in [-0.15, -0.1) is 0 Å². The minimum absolute atomic E-state index is 0.0135. The fraction of sp³-hybridized carbons (Fsp3) is 0.200. The number of benzene rings is 1. The predicted molar refractivity (Wildman–Crippen MR) is 79.5 cm³/mol. The Hall–Kier alpha value is -2.76. The third-order valence-electron chi connectivity index (χ3n) is 3.04. The average molecular weight is 287 g/mol. The minimum atomic E-state index is -0.226. The smallest absolute Gasteiger partial charge is 0.245 e. The highest BCUT2D eigenvalue weighted by molar-refractivity contribution is 5.86. The lowest BCUT2D eigenvalue weighted by Crippen LogP contribution is -2.20. The Morgan fingerprint density at radius 2 is 2.24 bits per heavy atom. The molecular formula is C15H17N3O3. The van der Waals surface area contributed by atoms with Crippen molar-refractivity contribution in [2.45, 2.75) is 6.42 Å². The molecule has 0 bridgehead atoms. The number of phenolic OH excluding ortho intramolecular Hbond substituents is 1. The molecular weight excluding hydrogens is 270 g/mol. The van der Waals surface area contributed by atoms with Gasteiger partial charge in [0, 0.05) is 24.5 Å². The molecule has 6 heteroatoms. The van der Waals surface area contributed by atoms with Crippen molar-refractivity contribution < 1.29 is 14.6 Å². The van der Waals surface area contributed by atoms with E-state index in [4.69, 9.17) is 4.74 Å². The van der Waals surface area contributed by atoms with Crippen LogP contribution in [0.15, 0.2) is 41.6 Å². The Bertz CT molecular complexity index is 662. The van der Waals surface area contributed by atoms with Crippen molar-refractivity contribution in [2.24, 2.45) is 12.1 Å². The van der Waals surface area contributed by atoms with Crippen molar-refractivity contribution >= 4 is 12.1 Å². The van der Waals surface area contributed by atoms with E-state index in [1.54, 1.807) is 18.2 Å². The summed E-state index contributed by atoms with van der Waals surface area (Å²) < 4.78 is 6.87. The highest BCUT2D eigenvalue weighted by atomic mass is 16.5. The Morgan fingerprint density at radius 3 is 2.90 bits per heavy atom. The monoisotopic (exact) mass is 287 g/mol. The molecule has 0 fully saturated rings. The van der Waals surface area contributed by atoms with E-state index in [1.807, 2.05) is 29.9 Å². The van der Waals surface area contributed by atoms with Crippen LogP contribution in [0.5, 0.6) is 11.5 Å². The lowest BCUT2D eigenvalue weighted by molar-refractivity contribution is -0.120. The summed E-state index contributed by atoms with van der Waals surface area (Å²) in [6.07, 6.45) is 3.49. The van der Waals surface area contributed by atoms with Crippen LogP contribution in [0.3, 0.4) is 0 Å². The molecule has 1 aromatic carbocycles. The molecule has 6 nitrogen and oxygen atoms in total. The third kappa shape index (κ3) is 3.62. The number of para-hydroxylation sites is 1. The highest BCUT2D eigenvalue weighted by Crippen LogP contribution is 2.27. The summed E-state index contributed by atoms with van der Waals surface area (Å²) in [5.74, 6) is 0.116. The molecule has 0 unspecified atom stereocenters. The maximum Gasteiger partial charge on any atom is 0.245 e. The van der Waals surface area contributed by atoms with Gasteiger partial charge in [-0.1, -0.05) is 6.07 Å². The number of nitrogens with zero attached hydrogens (tertiary/aromatic N) is 2. The number of nitrogens with one attached hydrogen (secondary N) is 1. The average Bonchev–Trinajstić information content (AvgIpc) is 2.86. The van der Waals surface area contributed by atoms with Crippen LogP contribution in [0, 0.1) is 0 Å². The molecule has 110 valence electrons. The molecule has 21 heavy (non-hydrogen) atoms. The second kappa shape index (κ2) is 6.60. The molecule has 0 aliphatic carbocycles. The van der Waals surface area contributed by atoms with Crippen molar-refractivity contribution in [3.05, 3.63) is 47.8 Å². The van der Waals surface area contributed by atoms with Gasteiger partial charge in [0.1, 0.15) is 0 Å². The zero-order valence-corrected chi connectivity index (χ0v) is 11.9. The summed E-state index contributed by atoms with van der Waals surface area (Å²) in [7, 11) is 3.35. The number of amides is 1. The van der Waals surface area contributed by atoms with Crippen molar-refractivity contribution in [1.29, 1.82) is 0 Å². The summed E-state index contributed by atoms with van der Waals surface area (Å²) in [4.78, 5) is 11.7. The number of hydrogen-bond acceptors (Lipinski definition) is 4. The molecule has 1 amide bonds. The topological polar surface area (TPSA) is 75.8 Å². The molecule has 0 spiro atoms. The standard InChI is InChI=1S/C15H17N3O3/c1-18-8-4-6-12(18)9-14(19)17-16-10-11-5-3-7-13(21-2)15(11)20/h3-8,10,20H,9H2,1-2H3,(H,17,19). The fourth-order valence-corrected chi connectivity index (χ4v) is 1.87. The minimum Gasteiger partial charge on any atom is -0.504 e. The van der Waals surface area contributed by atoms with E-state index < -0.39 is 0 Å². The molecule has 0 aliphatic heterocycles. The van der Waals surface area contributed by atoms with Gasteiger partial charge in [-0.2, -0.15) is 5.10 Å². The Morgan fingerprint density at radius 1 is 1.43 bits per heavy atom. The van der Waals surface area contributed by atoms with E-state index in [-0.39, 0.29) is 18.1 Å². The van der Waals surface area contributed by atoms with Gasteiger partial charge in [-0.3, -0.25) is 4.79 Å². The fourth-order valence-electron chi connectivity index (χ4n) is 1.87. The quantitative estimate of drug-likeness (QED) is 0.645. The SMILES string of the molecule is COc1cccc(C=NNC(=O)Cc2cccn2C)c1O. The summed E-state index contributed by atoms with van der Waals surface area (Å²) in [6, 6.07) is 8.79. The van der Waals surface area contributed by atoms with Crippen LogP contribution in [0.1, 0.15) is 11.3 Å². The maximum absolute atomic E-state index is 11.7. The van der Waals surface area contributed by atoms with E-state index in [9.17, 15) is 9.90 Å². The zero-order valence-electron chi connectivity index (χ0n) is 11.9. The van der Waals surface area contributed by atoms with Gasteiger partial charge in [-0.25, -0.2) is 5.43 Å². The van der Waals surface area contributed by atoms with Gasteiger partial charge in [-0.05, 0) is 24.3 Å². The molecule has 2 N–H and O–H groups in total. The van der Waals surface area contributed by atoms with Gasteiger partial charge in [0.05, 0.1) is 19.7 Å². The van der Waals surface area contributed by atoms with Crippen LogP contribution in [-0.4, -0.2) is 28.9 Å². The first-order valence-electron chi connectivity index (χ1n) is 6.40. The number of methoxy groups -OCH3 is 1. The molecule has 2 rings (SSSR count). The molecule has 0 aliphatic rings. The predicted octanol–water partition coefficient (Wildman–Crippen LogP) is 1.43. The van der Waals surface area contributed by atoms with E-state index >= 15 is 0 Å². The van der Waals surface area contributed by atoms with E-state index in [2.05, 4.69) is 10.5 Å². The normalized spacial score (nSPS) is 10.8. The van der Waals surface area contributed by atoms with Gasteiger partial charge in [0.2, 0.25) is 5.91 Å². The lowest BCUT2D eigenvalue weighted by Gasteiger charge is -2.05. The summed E-state index contributed by atoms with van der Waals surface area (Å²) >= 11 is 0. The largest absolute Gasteiger partial charge is 0.504 e. The number of aromatic nitrogens is 1. The first kappa shape index (κ1) is 14.6. The number of ether oxygens (including phenoxy) is 1. The maximum atomic E-state index is 11.7. The number of phenols is 1. The Labute approximate surface area is 122 Å². The second-order valence-electron chi connectivity index (χ2n) is 4.48. The number of carbonyl (C=O) groups is 1. The first-order chi connectivity index (χ1) is 10.1. The summed E-state index contributed by atoms with van der Waals surface area (Å²) in [6.45, 7) is 0. The zero-order chi connectivity index (χ0) is 15.2. The van der Waals surface area contributed by atoms with Gasteiger partial charge in [0.15, 0.2) is 11.5 Å². The second-order valence-corrected chi connectivity index (χ2v) is 4.48. The molecule has 1 heterocycles. The molecule has 0 saturated heterocycles. The van der Waals surface area contributed by atoms with Gasteiger partial charge >= 0.3 is 0 Å². The highest BCUT2D eigenvalue weighted by Gasteiger charge is 2.06. The van der Waals surface area contributed by atoms with Crippen LogP contribution in [0.25, 0.3) is 0 Å². The molecule has 1 aromatic heterocycles. The number of hydrazone groups is 1. The summed E-state index contributed by atoms with van der Waals surface area (Å²) in [5.41, 5.74) is 3.79. The van der Waals surface area contributed by atoms with Crippen molar-refractivity contribution in [3.8, 4) is 11.5 Å². The van der Waals surface area contributed by atoms with Gasteiger partial charge in [0.25, 0.3) is 0 Å². The van der Waals surface area contributed by atoms with Gasteiger partial charge < -0.3 is 14.4 Å². The molecule has 2 aromatic rings. The number of carbonyl (C=O) groups excluding carboxylic acids is 1.